The predicted octanol–water partition coefficient (Wildman–Crippen LogP) is 3.87. The van der Waals surface area contributed by atoms with Crippen LogP contribution in [0.4, 0.5) is 0 Å². The predicted molar refractivity (Wildman–Crippen MR) is 75.4 cm³/mol. The SMILES string of the molecule is COc1ccc(S(O)(O)c2ccc(OC)cc2)cc1. The Morgan fingerprint density at radius 3 is 1.26 bits per heavy atom. The highest BCUT2D eigenvalue weighted by atomic mass is 32.3. The third kappa shape index (κ3) is 2.84. The number of benzene rings is 2. The topological polar surface area (TPSA) is 58.9 Å². The monoisotopic (exact) mass is 280 g/mol. The van der Waals surface area contributed by atoms with Gasteiger partial charge in [0.15, 0.2) is 0 Å². The molecule has 19 heavy (non-hydrogen) atoms. The molecule has 0 saturated carbocycles. The standard InChI is InChI=1S/C14H16O4S/c1-17-11-3-7-13(8-4-11)19(15,16)14-9-5-12(18-2)6-10-14/h3-10,15-16H,1-2H3. The van der Waals surface area contributed by atoms with Gasteiger partial charge in [0.25, 0.3) is 0 Å². The molecule has 2 aromatic rings. The van der Waals surface area contributed by atoms with Crippen molar-refractivity contribution < 1.29 is 18.6 Å². The number of hydrogen-bond acceptors (Lipinski definition) is 4. The zero-order valence-electron chi connectivity index (χ0n) is 10.7. The second-order valence-corrected chi connectivity index (χ2v) is 5.94. The molecule has 4 nitrogen and oxygen atoms in total. The fourth-order valence-corrected chi connectivity index (χ4v) is 2.97. The quantitative estimate of drug-likeness (QED) is 0.892. The van der Waals surface area contributed by atoms with E-state index in [1.54, 1.807) is 62.8 Å². The fraction of sp³-hybridized carbons (Fsp3) is 0.143. The van der Waals surface area contributed by atoms with Crippen LogP contribution in [0, 0.1) is 0 Å². The highest BCUT2D eigenvalue weighted by Gasteiger charge is 2.18. The van der Waals surface area contributed by atoms with Crippen LogP contribution in [0.3, 0.4) is 0 Å². The number of rotatable bonds is 4. The molecule has 0 bridgehead atoms. The summed E-state index contributed by atoms with van der Waals surface area (Å²) in [6, 6.07) is 13.4. The van der Waals surface area contributed by atoms with Gasteiger partial charge in [0.1, 0.15) is 11.5 Å². The molecule has 0 amide bonds. The minimum Gasteiger partial charge on any atom is -0.497 e. The summed E-state index contributed by atoms with van der Waals surface area (Å²) in [7, 11) is 0.132. The van der Waals surface area contributed by atoms with E-state index in [-0.39, 0.29) is 0 Å². The molecular formula is C14H16O4S. The zero-order chi connectivity index (χ0) is 13.9. The Bertz CT molecular complexity index is 485. The van der Waals surface area contributed by atoms with Crippen molar-refractivity contribution in [2.75, 3.05) is 14.2 Å². The van der Waals surface area contributed by atoms with Gasteiger partial charge < -0.3 is 9.47 Å². The lowest BCUT2D eigenvalue weighted by Crippen LogP contribution is -1.99. The first-order valence-electron chi connectivity index (χ1n) is 5.64. The molecule has 0 heterocycles. The first kappa shape index (κ1) is 13.7. The summed E-state index contributed by atoms with van der Waals surface area (Å²) in [4.78, 5) is 0.914. The third-order valence-corrected chi connectivity index (χ3v) is 4.64. The van der Waals surface area contributed by atoms with Gasteiger partial charge in [-0.2, -0.15) is 0 Å². The molecule has 0 spiro atoms. The van der Waals surface area contributed by atoms with Crippen LogP contribution in [0.15, 0.2) is 58.3 Å². The van der Waals surface area contributed by atoms with E-state index in [1.807, 2.05) is 0 Å². The maximum absolute atomic E-state index is 10.3. The fourth-order valence-electron chi connectivity index (χ4n) is 1.67. The molecule has 0 unspecified atom stereocenters. The molecule has 0 aliphatic heterocycles. The van der Waals surface area contributed by atoms with Gasteiger partial charge in [0.2, 0.25) is 0 Å². The largest absolute Gasteiger partial charge is 0.497 e. The van der Waals surface area contributed by atoms with Gasteiger partial charge in [-0.25, -0.2) is 0 Å². The van der Waals surface area contributed by atoms with Crippen molar-refractivity contribution in [3.8, 4) is 11.5 Å². The molecule has 0 aliphatic carbocycles. The van der Waals surface area contributed by atoms with Crippen molar-refractivity contribution in [3.05, 3.63) is 48.5 Å². The second-order valence-electron chi connectivity index (χ2n) is 3.90. The molecule has 2 aromatic carbocycles. The molecule has 5 heteroatoms. The van der Waals surface area contributed by atoms with Gasteiger partial charge >= 0.3 is 0 Å². The van der Waals surface area contributed by atoms with Crippen molar-refractivity contribution in [2.24, 2.45) is 0 Å². The molecule has 2 rings (SSSR count). The molecule has 0 aromatic heterocycles. The van der Waals surface area contributed by atoms with Crippen LogP contribution in [0.2, 0.25) is 0 Å². The Hall–Kier alpha value is -1.69. The summed E-state index contributed by atoms with van der Waals surface area (Å²) in [6.07, 6.45) is 0. The zero-order valence-corrected chi connectivity index (χ0v) is 11.6. The van der Waals surface area contributed by atoms with Crippen LogP contribution in [-0.4, -0.2) is 23.3 Å². The average Bonchev–Trinajstić information content (AvgIpc) is 2.47. The van der Waals surface area contributed by atoms with Crippen LogP contribution in [0.25, 0.3) is 0 Å². The van der Waals surface area contributed by atoms with Gasteiger partial charge in [0.05, 0.1) is 24.0 Å². The lowest BCUT2D eigenvalue weighted by atomic mass is 10.3. The summed E-state index contributed by atoms with van der Waals surface area (Å²) in [5.41, 5.74) is 0. The lowest BCUT2D eigenvalue weighted by Gasteiger charge is -2.32. The van der Waals surface area contributed by atoms with Gasteiger partial charge in [-0.1, -0.05) is 0 Å². The average molecular weight is 280 g/mol. The Labute approximate surface area is 114 Å². The van der Waals surface area contributed by atoms with Gasteiger partial charge in [-0.05, 0) is 48.5 Å². The summed E-state index contributed by atoms with van der Waals surface area (Å²) in [5, 5.41) is 0. The third-order valence-electron chi connectivity index (χ3n) is 2.78. The molecule has 102 valence electrons. The second kappa shape index (κ2) is 5.52. The van der Waals surface area contributed by atoms with Crippen LogP contribution in [0.1, 0.15) is 0 Å². The first-order valence-corrected chi connectivity index (χ1v) is 7.19. The van der Waals surface area contributed by atoms with Crippen LogP contribution >= 0.6 is 10.6 Å². The first-order chi connectivity index (χ1) is 9.07. The number of ether oxygens (including phenoxy) is 2. The van der Waals surface area contributed by atoms with Gasteiger partial charge in [-0.3, -0.25) is 9.11 Å². The minimum atomic E-state index is -3.00. The Kier molecular flexibility index (Phi) is 3.99. The number of hydrogen-bond donors (Lipinski definition) is 2. The maximum Gasteiger partial charge on any atom is 0.118 e. The van der Waals surface area contributed by atoms with Crippen molar-refractivity contribution in [1.29, 1.82) is 0 Å². The van der Waals surface area contributed by atoms with Crippen LogP contribution in [0.5, 0.6) is 11.5 Å². The van der Waals surface area contributed by atoms with E-state index >= 15 is 0 Å². The van der Waals surface area contributed by atoms with E-state index in [2.05, 4.69) is 0 Å². The van der Waals surface area contributed by atoms with E-state index in [0.717, 1.165) is 0 Å². The summed E-state index contributed by atoms with van der Waals surface area (Å²) in [5.74, 6) is 1.35. The summed E-state index contributed by atoms with van der Waals surface area (Å²) >= 11 is 0. The summed E-state index contributed by atoms with van der Waals surface area (Å²) in [6.45, 7) is 0. The van der Waals surface area contributed by atoms with Gasteiger partial charge in [0, 0.05) is 0 Å². The smallest absolute Gasteiger partial charge is 0.118 e. The van der Waals surface area contributed by atoms with Crippen molar-refractivity contribution >= 4 is 10.6 Å². The van der Waals surface area contributed by atoms with E-state index in [0.29, 0.717) is 21.3 Å². The molecule has 0 radical (unpaired) electrons. The Balaban J connectivity index is 2.33. The highest BCUT2D eigenvalue weighted by molar-refractivity contribution is 8.24. The van der Waals surface area contributed by atoms with E-state index in [1.165, 1.54) is 0 Å². The molecule has 0 fully saturated rings. The molecule has 0 atom stereocenters. The number of methoxy groups -OCH3 is 2. The lowest BCUT2D eigenvalue weighted by molar-refractivity contribution is 0.414. The van der Waals surface area contributed by atoms with Crippen molar-refractivity contribution in [3.63, 3.8) is 0 Å². The summed E-state index contributed by atoms with van der Waals surface area (Å²) < 4.78 is 30.8. The Morgan fingerprint density at radius 1 is 0.684 bits per heavy atom. The molecule has 2 N–H and O–H groups in total. The van der Waals surface area contributed by atoms with Gasteiger partial charge in [-0.15, -0.1) is 10.6 Å². The van der Waals surface area contributed by atoms with E-state index < -0.39 is 10.6 Å². The van der Waals surface area contributed by atoms with E-state index in [4.69, 9.17) is 9.47 Å². The normalized spacial score (nSPS) is 12.0. The van der Waals surface area contributed by atoms with E-state index in [9.17, 15) is 9.11 Å². The van der Waals surface area contributed by atoms with Crippen molar-refractivity contribution in [2.45, 2.75) is 9.79 Å². The van der Waals surface area contributed by atoms with Crippen LogP contribution in [-0.2, 0) is 0 Å². The molecular weight excluding hydrogens is 264 g/mol. The maximum atomic E-state index is 10.3. The van der Waals surface area contributed by atoms with Crippen molar-refractivity contribution in [1.82, 2.24) is 0 Å². The molecule has 0 aliphatic rings. The van der Waals surface area contributed by atoms with Crippen LogP contribution < -0.4 is 9.47 Å². The Morgan fingerprint density at radius 2 is 1.00 bits per heavy atom. The molecule has 0 saturated heterocycles. The minimum absolute atomic E-state index is 0.457. The highest BCUT2D eigenvalue weighted by Crippen LogP contribution is 2.55.